The summed E-state index contributed by atoms with van der Waals surface area (Å²) in [5.41, 5.74) is 11.3. The van der Waals surface area contributed by atoms with Crippen molar-refractivity contribution < 1.29 is 23.4 Å². The smallest absolute Gasteiger partial charge is 0.276 e. The highest BCUT2D eigenvalue weighted by atomic mass is 32.2. The molecule has 168 valence electrons. The third-order valence-corrected chi connectivity index (χ3v) is 7.26. The number of nitrogens with zero attached hydrogens (tertiary/aromatic N) is 4. The van der Waals surface area contributed by atoms with Crippen LogP contribution in [0, 0.1) is 5.41 Å². The molecule has 0 bridgehead atoms. The van der Waals surface area contributed by atoms with Crippen LogP contribution in [0.1, 0.15) is 18.3 Å². The molecule has 15 heteroatoms. The Kier molecular flexibility index (Phi) is 5.52. The van der Waals surface area contributed by atoms with Crippen molar-refractivity contribution in [1.29, 1.82) is 5.41 Å². The normalized spacial score (nSPS) is 23.7. The van der Waals surface area contributed by atoms with Gasteiger partial charge in [-0.05, 0) is 19.1 Å². The summed E-state index contributed by atoms with van der Waals surface area (Å²) in [6.07, 6.45) is 1.41. The number of β-lactam (4-membered cyclic amide) rings is 1. The van der Waals surface area contributed by atoms with Gasteiger partial charge in [0.05, 0.1) is 6.20 Å². The molecule has 2 aliphatic heterocycles. The molecule has 2 saturated heterocycles. The van der Waals surface area contributed by atoms with E-state index in [9.17, 15) is 13.8 Å². The fourth-order valence-electron chi connectivity index (χ4n) is 2.98. The molecule has 2 aliphatic rings. The number of ether oxygens (including phenoxy) is 1. The van der Waals surface area contributed by atoms with Crippen molar-refractivity contribution in [3.63, 3.8) is 0 Å². The summed E-state index contributed by atoms with van der Waals surface area (Å²) in [4.78, 5) is 37.1. The molecule has 0 spiro atoms. The molecule has 1 unspecified atom stereocenters. The molecule has 2 aromatic heterocycles. The van der Waals surface area contributed by atoms with Gasteiger partial charge >= 0.3 is 0 Å². The molecule has 6 N–H and O–H groups in total. The Bertz CT molecular complexity index is 1150. The highest BCUT2D eigenvalue weighted by Gasteiger charge is 2.78. The minimum atomic E-state index is -1.44. The summed E-state index contributed by atoms with van der Waals surface area (Å²) < 4.78 is 18.5. The molecular formula is C17H18N8O5S2. The maximum atomic E-state index is 12.8. The van der Waals surface area contributed by atoms with E-state index in [4.69, 9.17) is 26.5 Å². The summed E-state index contributed by atoms with van der Waals surface area (Å²) in [7, 11) is -1.44. The summed E-state index contributed by atoms with van der Waals surface area (Å²) in [6.45, 7) is 1.70. The van der Waals surface area contributed by atoms with Crippen LogP contribution < -0.4 is 21.5 Å². The number of nitrogens with two attached hydrogens (primary N) is 2. The summed E-state index contributed by atoms with van der Waals surface area (Å²) in [5, 5.41) is 15.5. The van der Waals surface area contributed by atoms with Crippen LogP contribution in [0.25, 0.3) is 0 Å². The first-order valence-corrected chi connectivity index (χ1v) is 11.1. The van der Waals surface area contributed by atoms with Crippen molar-refractivity contribution in [2.45, 2.75) is 17.8 Å². The van der Waals surface area contributed by atoms with Gasteiger partial charge in [0.2, 0.25) is 0 Å². The average Bonchev–Trinajstić information content (AvgIpc) is 3.02. The van der Waals surface area contributed by atoms with Gasteiger partial charge in [0.25, 0.3) is 11.8 Å². The van der Waals surface area contributed by atoms with Crippen molar-refractivity contribution >= 4 is 50.8 Å². The first kappa shape index (κ1) is 21.6. The van der Waals surface area contributed by atoms with Crippen LogP contribution in [0.2, 0.25) is 0 Å². The number of amides is 2. The predicted molar refractivity (Wildman–Crippen MR) is 115 cm³/mol. The highest BCUT2D eigenvalue weighted by molar-refractivity contribution is 7.92. The van der Waals surface area contributed by atoms with E-state index >= 15 is 0 Å². The first-order chi connectivity index (χ1) is 15.2. The Morgan fingerprint density at radius 3 is 2.78 bits per heavy atom. The van der Waals surface area contributed by atoms with Crippen molar-refractivity contribution in [3.05, 3.63) is 35.1 Å². The summed E-state index contributed by atoms with van der Waals surface area (Å²) in [6, 6.07) is 2.23. The zero-order valence-corrected chi connectivity index (χ0v) is 18.2. The lowest BCUT2D eigenvalue weighted by Gasteiger charge is -2.29. The second-order valence-electron chi connectivity index (χ2n) is 6.83. The largest absolute Gasteiger partial charge is 0.488 e. The molecule has 0 aromatic carbocycles. The number of hydrogen-bond acceptors (Lipinski definition) is 11. The standard InChI is InChI=1S/C17H18N8O5S2/c1-17-12(15(27)25(17)32(17)28)23-14(26)11(10-7-31-16(20)22-10)24-30-5-4-29-8-2-3-9(13(18)19)21-6-8/h2-3,6-7,12H,4-5H2,1H3,(H3,18,19)(H2,20,22)(H,23,26)/b24-11-/t12-,17-,25?,32?/m0/s1. The molecule has 4 rings (SSSR count). The quantitative estimate of drug-likeness (QED) is 0.0864. The molecule has 13 nitrogen and oxygen atoms in total. The zero-order valence-electron chi connectivity index (χ0n) is 16.6. The van der Waals surface area contributed by atoms with Crippen LogP contribution >= 0.6 is 11.3 Å². The number of carbonyl (C=O) groups is 2. The lowest BCUT2D eigenvalue weighted by Crippen LogP contribution is -2.62. The number of pyridine rings is 1. The number of oxime groups is 1. The van der Waals surface area contributed by atoms with E-state index in [-0.39, 0.29) is 35.6 Å². The molecule has 2 aromatic rings. The van der Waals surface area contributed by atoms with Crippen LogP contribution in [-0.2, 0) is 25.4 Å². The van der Waals surface area contributed by atoms with E-state index in [0.717, 1.165) is 11.3 Å². The number of rotatable bonds is 9. The number of thiazole rings is 1. The predicted octanol–water partition coefficient (Wildman–Crippen LogP) is -1.08. The molecular weight excluding hydrogens is 460 g/mol. The third kappa shape index (κ3) is 3.75. The van der Waals surface area contributed by atoms with Gasteiger partial charge < -0.3 is 26.4 Å². The van der Waals surface area contributed by atoms with E-state index in [0.29, 0.717) is 11.4 Å². The van der Waals surface area contributed by atoms with Crippen molar-refractivity contribution in [1.82, 2.24) is 19.6 Å². The molecule has 32 heavy (non-hydrogen) atoms. The minimum absolute atomic E-state index is 0.0112. The van der Waals surface area contributed by atoms with Crippen LogP contribution in [0.4, 0.5) is 5.13 Å². The fraction of sp³-hybridized carbons (Fsp3) is 0.294. The lowest BCUT2D eigenvalue weighted by atomic mass is 10.0. The van der Waals surface area contributed by atoms with Crippen LogP contribution in [0.3, 0.4) is 0 Å². The monoisotopic (exact) mass is 478 g/mol. The topological polar surface area (TPSA) is 199 Å². The van der Waals surface area contributed by atoms with Gasteiger partial charge in [-0.25, -0.2) is 18.5 Å². The minimum Gasteiger partial charge on any atom is -0.488 e. The van der Waals surface area contributed by atoms with Gasteiger partial charge in [-0.2, -0.15) is 0 Å². The summed E-state index contributed by atoms with van der Waals surface area (Å²) in [5.74, 6) is -0.842. The molecule has 0 saturated carbocycles. The van der Waals surface area contributed by atoms with Gasteiger partial charge in [-0.3, -0.25) is 15.0 Å². The van der Waals surface area contributed by atoms with Gasteiger partial charge in [-0.15, -0.1) is 11.3 Å². The number of aromatic nitrogens is 2. The van der Waals surface area contributed by atoms with Crippen LogP contribution in [0.15, 0.2) is 28.9 Å². The fourth-order valence-corrected chi connectivity index (χ4v) is 4.96. The first-order valence-electron chi connectivity index (χ1n) is 9.15. The highest BCUT2D eigenvalue weighted by Crippen LogP contribution is 2.52. The van der Waals surface area contributed by atoms with Gasteiger partial charge in [0, 0.05) is 5.38 Å². The number of hydrogen-bond donors (Lipinski definition) is 4. The molecule has 0 radical (unpaired) electrons. The Labute approximate surface area is 187 Å². The number of carbonyl (C=O) groups excluding carboxylic acids is 2. The zero-order chi connectivity index (χ0) is 23.0. The van der Waals surface area contributed by atoms with Gasteiger partial charge in [-0.1, -0.05) is 5.16 Å². The molecule has 4 heterocycles. The number of nitrogens with one attached hydrogen (secondary N) is 2. The van der Waals surface area contributed by atoms with Crippen LogP contribution in [0.5, 0.6) is 5.75 Å². The van der Waals surface area contributed by atoms with Crippen molar-refractivity contribution in [2.24, 2.45) is 10.9 Å². The van der Waals surface area contributed by atoms with Gasteiger partial charge in [0.15, 0.2) is 33.3 Å². The molecule has 2 fully saturated rings. The van der Waals surface area contributed by atoms with E-state index in [1.54, 1.807) is 19.1 Å². The van der Waals surface area contributed by atoms with E-state index in [1.807, 2.05) is 0 Å². The Morgan fingerprint density at radius 2 is 2.22 bits per heavy atom. The second kappa shape index (κ2) is 8.16. The summed E-state index contributed by atoms with van der Waals surface area (Å²) >= 11 is 1.11. The van der Waals surface area contributed by atoms with Gasteiger partial charge in [0.1, 0.15) is 35.6 Å². The molecule has 2 amide bonds. The maximum Gasteiger partial charge on any atom is 0.276 e. The van der Waals surface area contributed by atoms with Crippen molar-refractivity contribution in [2.75, 3.05) is 18.9 Å². The Morgan fingerprint density at radius 1 is 1.44 bits per heavy atom. The number of nitrogen functional groups attached to an aromatic ring is 2. The van der Waals surface area contributed by atoms with Crippen LogP contribution in [-0.4, -0.2) is 66.0 Å². The van der Waals surface area contributed by atoms with Crippen molar-refractivity contribution in [3.8, 4) is 5.75 Å². The molecule has 3 atom stereocenters. The number of amidine groups is 1. The maximum absolute atomic E-state index is 12.8. The second-order valence-corrected chi connectivity index (χ2v) is 9.41. The third-order valence-electron chi connectivity index (χ3n) is 4.74. The Balaban J connectivity index is 1.36. The SMILES string of the molecule is C[C@]12[C@@H](NC(=O)/C(=N\OCCOc3ccc(C(=N)N)nc3)c3csc(N)n3)C(=O)N1S2=O. The molecule has 0 aliphatic carbocycles. The lowest BCUT2D eigenvalue weighted by molar-refractivity contribution is -0.139. The number of fused-ring (bicyclic) bond motifs is 1. The van der Waals surface area contributed by atoms with E-state index < -0.39 is 33.7 Å². The van der Waals surface area contributed by atoms with E-state index in [1.165, 1.54) is 15.9 Å². The number of anilines is 1. The Hall–Kier alpha value is -3.59. The van der Waals surface area contributed by atoms with E-state index in [2.05, 4.69) is 20.4 Å². The average molecular weight is 479 g/mol.